The Morgan fingerprint density at radius 1 is 1.23 bits per heavy atom. The number of anilines is 1. The topological polar surface area (TPSA) is 109 Å². The number of fused-ring (bicyclic) bond motifs is 1. The summed E-state index contributed by atoms with van der Waals surface area (Å²) in [4.78, 5) is 20.5. The van der Waals surface area contributed by atoms with Gasteiger partial charge in [0.1, 0.15) is 24.2 Å². The van der Waals surface area contributed by atoms with Crippen molar-refractivity contribution in [1.29, 1.82) is 5.26 Å². The number of amides is 1. The molecule has 0 saturated carbocycles. The summed E-state index contributed by atoms with van der Waals surface area (Å²) in [6, 6.07) is 12.8. The lowest BCUT2D eigenvalue weighted by Gasteiger charge is -2.31. The summed E-state index contributed by atoms with van der Waals surface area (Å²) in [6.07, 6.45) is 6.97. The van der Waals surface area contributed by atoms with Crippen molar-refractivity contribution in [1.82, 2.24) is 10.3 Å². The zero-order valence-corrected chi connectivity index (χ0v) is 20.0. The molecule has 1 amide bonds. The average Bonchev–Trinajstić information content (AvgIpc) is 2.85. The number of ether oxygens (including phenoxy) is 2. The maximum absolute atomic E-state index is 11.8. The Labute approximate surface area is 208 Å². The number of allylic oxidation sites excluding steroid dienone is 1. The van der Waals surface area contributed by atoms with Gasteiger partial charge >= 0.3 is 0 Å². The maximum Gasteiger partial charge on any atom is 0.221 e. The number of benzene rings is 1. The van der Waals surface area contributed by atoms with Crippen LogP contribution in [0.15, 0.2) is 82.5 Å². The number of dihydropyridines is 1. The zero-order valence-electron chi connectivity index (χ0n) is 19.3. The highest BCUT2D eigenvalue weighted by Crippen LogP contribution is 2.36. The van der Waals surface area contributed by atoms with Crippen LogP contribution in [0.25, 0.3) is 0 Å². The fourth-order valence-corrected chi connectivity index (χ4v) is 4.04. The SMILES string of the molecule is CCOC1=CC2N=CC(C#N)=C(Nc3ccc(OCc4ccccn4)c(Cl)c3)C2C=C1NC(C)=O. The molecule has 9 heteroatoms. The van der Waals surface area contributed by atoms with Crippen LogP contribution in [-0.2, 0) is 16.1 Å². The fraction of sp³-hybridized carbons (Fsp3) is 0.231. The average molecular weight is 490 g/mol. The summed E-state index contributed by atoms with van der Waals surface area (Å²) in [7, 11) is 0. The number of nitrogens with zero attached hydrogens (tertiary/aromatic N) is 3. The van der Waals surface area contributed by atoms with Crippen molar-refractivity contribution >= 4 is 29.4 Å². The van der Waals surface area contributed by atoms with E-state index < -0.39 is 0 Å². The second-order valence-electron chi connectivity index (χ2n) is 7.84. The second kappa shape index (κ2) is 10.9. The molecule has 2 atom stereocenters. The van der Waals surface area contributed by atoms with Crippen molar-refractivity contribution < 1.29 is 14.3 Å². The van der Waals surface area contributed by atoms with Gasteiger partial charge in [-0.25, -0.2) is 0 Å². The van der Waals surface area contributed by atoms with Crippen LogP contribution in [0.1, 0.15) is 19.5 Å². The van der Waals surface area contributed by atoms with E-state index in [1.807, 2.05) is 43.3 Å². The Morgan fingerprint density at radius 3 is 2.77 bits per heavy atom. The van der Waals surface area contributed by atoms with Crippen LogP contribution >= 0.6 is 11.6 Å². The summed E-state index contributed by atoms with van der Waals surface area (Å²) in [5.41, 5.74) is 3.07. The second-order valence-corrected chi connectivity index (χ2v) is 8.25. The number of halogens is 1. The monoisotopic (exact) mass is 489 g/mol. The molecule has 1 aliphatic heterocycles. The first-order valence-electron chi connectivity index (χ1n) is 11.1. The van der Waals surface area contributed by atoms with Crippen LogP contribution in [-0.4, -0.2) is 29.8 Å². The molecular formula is C26H24ClN5O3. The Morgan fingerprint density at radius 2 is 2.09 bits per heavy atom. The van der Waals surface area contributed by atoms with Crippen LogP contribution < -0.4 is 15.4 Å². The molecule has 1 aromatic carbocycles. The van der Waals surface area contributed by atoms with E-state index in [4.69, 9.17) is 21.1 Å². The highest BCUT2D eigenvalue weighted by Gasteiger charge is 2.33. The number of aromatic nitrogens is 1. The van der Waals surface area contributed by atoms with E-state index >= 15 is 0 Å². The molecule has 2 unspecified atom stereocenters. The van der Waals surface area contributed by atoms with Gasteiger partial charge in [-0.1, -0.05) is 17.7 Å². The smallest absolute Gasteiger partial charge is 0.221 e. The lowest BCUT2D eigenvalue weighted by Crippen LogP contribution is -2.33. The number of carbonyl (C=O) groups excluding carboxylic acids is 1. The summed E-state index contributed by atoms with van der Waals surface area (Å²) in [5, 5.41) is 16.3. The van der Waals surface area contributed by atoms with Crippen molar-refractivity contribution in [2.45, 2.75) is 26.5 Å². The van der Waals surface area contributed by atoms with Crippen LogP contribution in [0, 0.1) is 17.2 Å². The molecule has 2 aliphatic rings. The Bertz CT molecular complexity index is 1280. The number of hydrogen-bond donors (Lipinski definition) is 2. The predicted octanol–water partition coefficient (Wildman–Crippen LogP) is 4.53. The standard InChI is InChI=1S/C26H24ClN5O3/c1-3-34-25-12-22-20(11-23(25)31-16(2)33)26(17(13-28)14-30-22)32-18-7-8-24(21(27)10-18)35-15-19-6-4-5-9-29-19/h4-12,14,20,22,32H,3,15H2,1-2H3,(H,31,33). The Kier molecular flexibility index (Phi) is 7.48. The van der Waals surface area contributed by atoms with Crippen molar-refractivity contribution in [3.63, 3.8) is 0 Å². The quantitative estimate of drug-likeness (QED) is 0.564. The fourth-order valence-electron chi connectivity index (χ4n) is 3.81. The number of rotatable bonds is 8. The van der Waals surface area contributed by atoms with Gasteiger partial charge in [-0.2, -0.15) is 5.26 Å². The molecule has 0 spiro atoms. The minimum absolute atomic E-state index is 0.216. The van der Waals surface area contributed by atoms with Gasteiger partial charge in [0, 0.05) is 36.6 Å². The number of pyridine rings is 1. The van der Waals surface area contributed by atoms with E-state index in [9.17, 15) is 10.1 Å². The van der Waals surface area contributed by atoms with E-state index in [-0.39, 0.29) is 17.9 Å². The summed E-state index contributed by atoms with van der Waals surface area (Å²) in [5.74, 6) is 0.555. The lowest BCUT2D eigenvalue weighted by molar-refractivity contribution is -0.118. The lowest BCUT2D eigenvalue weighted by atomic mass is 9.86. The first-order valence-corrected chi connectivity index (χ1v) is 11.5. The first-order chi connectivity index (χ1) is 17.0. The Hall–Kier alpha value is -4.09. The van der Waals surface area contributed by atoms with E-state index in [1.165, 1.54) is 6.92 Å². The van der Waals surface area contributed by atoms with E-state index in [0.29, 0.717) is 52.4 Å². The molecule has 1 aliphatic carbocycles. The minimum Gasteiger partial charge on any atom is -0.492 e. The molecule has 0 saturated heterocycles. The molecule has 0 bridgehead atoms. The van der Waals surface area contributed by atoms with Crippen molar-refractivity contribution in [3.05, 3.63) is 88.2 Å². The number of nitrogens with one attached hydrogen (secondary N) is 2. The maximum atomic E-state index is 11.8. The van der Waals surface area contributed by atoms with Gasteiger partial charge in [-0.15, -0.1) is 0 Å². The van der Waals surface area contributed by atoms with E-state index in [1.54, 1.807) is 24.5 Å². The highest BCUT2D eigenvalue weighted by atomic mass is 35.5. The molecule has 2 heterocycles. The third kappa shape index (κ3) is 5.70. The molecule has 178 valence electrons. The summed E-state index contributed by atoms with van der Waals surface area (Å²) >= 11 is 6.48. The van der Waals surface area contributed by atoms with Gasteiger partial charge in [0.2, 0.25) is 5.91 Å². The normalized spacial score (nSPS) is 18.6. The number of hydrogen-bond acceptors (Lipinski definition) is 7. The Balaban J connectivity index is 1.57. The molecule has 2 aromatic rings. The molecule has 4 rings (SSSR count). The summed E-state index contributed by atoms with van der Waals surface area (Å²) in [6.45, 7) is 4.05. The highest BCUT2D eigenvalue weighted by molar-refractivity contribution is 6.32. The molecule has 35 heavy (non-hydrogen) atoms. The van der Waals surface area contributed by atoms with Gasteiger partial charge in [-0.05, 0) is 49.4 Å². The van der Waals surface area contributed by atoms with E-state index in [2.05, 4.69) is 26.7 Å². The largest absolute Gasteiger partial charge is 0.492 e. The molecule has 8 nitrogen and oxygen atoms in total. The van der Waals surface area contributed by atoms with Gasteiger partial charge in [-0.3, -0.25) is 14.8 Å². The minimum atomic E-state index is -0.306. The predicted molar refractivity (Wildman–Crippen MR) is 134 cm³/mol. The zero-order chi connectivity index (χ0) is 24.8. The van der Waals surface area contributed by atoms with Crippen LogP contribution in [0.4, 0.5) is 5.69 Å². The third-order valence-electron chi connectivity index (χ3n) is 5.34. The summed E-state index contributed by atoms with van der Waals surface area (Å²) < 4.78 is 11.5. The van der Waals surface area contributed by atoms with Crippen LogP contribution in [0.3, 0.4) is 0 Å². The van der Waals surface area contributed by atoms with Crippen molar-refractivity contribution in [2.24, 2.45) is 10.9 Å². The number of aliphatic imine (C=N–C) groups is 1. The van der Waals surface area contributed by atoms with Gasteiger partial charge < -0.3 is 20.1 Å². The van der Waals surface area contributed by atoms with E-state index in [0.717, 1.165) is 5.69 Å². The third-order valence-corrected chi connectivity index (χ3v) is 5.64. The van der Waals surface area contributed by atoms with Crippen molar-refractivity contribution in [3.8, 4) is 11.8 Å². The molecule has 2 N–H and O–H groups in total. The number of carbonyl (C=O) groups is 1. The van der Waals surface area contributed by atoms with Crippen LogP contribution in [0.5, 0.6) is 5.75 Å². The number of nitriles is 1. The first kappa shape index (κ1) is 24.0. The van der Waals surface area contributed by atoms with Crippen LogP contribution in [0.2, 0.25) is 5.02 Å². The molecule has 1 aromatic heterocycles. The molecular weight excluding hydrogens is 466 g/mol. The van der Waals surface area contributed by atoms with Crippen molar-refractivity contribution in [2.75, 3.05) is 11.9 Å². The molecule has 0 fully saturated rings. The van der Waals surface area contributed by atoms with Gasteiger partial charge in [0.15, 0.2) is 0 Å². The van der Waals surface area contributed by atoms with Gasteiger partial charge in [0.25, 0.3) is 0 Å². The molecule has 0 radical (unpaired) electrons. The van der Waals surface area contributed by atoms with Gasteiger partial charge in [0.05, 0.1) is 34.6 Å².